The molecule has 0 aromatic heterocycles. The maximum Gasteiger partial charge on any atom is 0.335 e. The summed E-state index contributed by atoms with van der Waals surface area (Å²) >= 11 is 0. The molecule has 1 aliphatic heterocycles. The van der Waals surface area contributed by atoms with E-state index >= 15 is 0 Å². The number of rotatable bonds is 2. The summed E-state index contributed by atoms with van der Waals surface area (Å²) in [6.45, 7) is 0. The van der Waals surface area contributed by atoms with Crippen LogP contribution in [0, 0.1) is 0 Å². The lowest BCUT2D eigenvalue weighted by Crippen LogP contribution is -2.23. The minimum absolute atomic E-state index is 0.0471. The molecule has 1 heterocycles. The molecular formula is C12H14O4S. The third-order valence-corrected chi connectivity index (χ3v) is 4.90. The van der Waals surface area contributed by atoms with Crippen LogP contribution in [0.15, 0.2) is 24.3 Å². The number of benzene rings is 1. The van der Waals surface area contributed by atoms with Crippen LogP contribution in [-0.4, -0.2) is 31.0 Å². The number of carbonyl (C=O) groups is 1. The number of sulfone groups is 1. The van der Waals surface area contributed by atoms with Crippen LogP contribution in [0.25, 0.3) is 0 Å². The zero-order valence-corrected chi connectivity index (χ0v) is 10.1. The van der Waals surface area contributed by atoms with Crippen LogP contribution in [0.5, 0.6) is 0 Å². The van der Waals surface area contributed by atoms with E-state index in [1.807, 2.05) is 0 Å². The normalized spacial score (nSPS) is 20.0. The van der Waals surface area contributed by atoms with Gasteiger partial charge in [0, 0.05) is 0 Å². The summed E-state index contributed by atoms with van der Waals surface area (Å²) in [5.41, 5.74) is 1.05. The number of aromatic carboxylic acids is 1. The first-order valence-electron chi connectivity index (χ1n) is 5.52. The van der Waals surface area contributed by atoms with E-state index in [9.17, 15) is 13.2 Å². The highest BCUT2D eigenvalue weighted by Crippen LogP contribution is 2.31. The maximum absolute atomic E-state index is 11.3. The fraction of sp³-hybridized carbons (Fsp3) is 0.417. The second kappa shape index (κ2) is 4.49. The lowest BCUT2D eigenvalue weighted by atomic mass is 9.90. The van der Waals surface area contributed by atoms with E-state index in [4.69, 9.17) is 5.11 Å². The van der Waals surface area contributed by atoms with Gasteiger partial charge in [-0.1, -0.05) is 18.2 Å². The Balaban J connectivity index is 2.27. The Kier molecular flexibility index (Phi) is 3.19. The lowest BCUT2D eigenvalue weighted by molar-refractivity contribution is 0.0695. The summed E-state index contributed by atoms with van der Waals surface area (Å²) in [5.74, 6) is -0.586. The highest BCUT2D eigenvalue weighted by atomic mass is 32.2. The van der Waals surface area contributed by atoms with Crippen molar-refractivity contribution >= 4 is 15.8 Å². The van der Waals surface area contributed by atoms with E-state index in [1.165, 1.54) is 0 Å². The molecular weight excluding hydrogens is 240 g/mol. The standard InChI is InChI=1S/C12H14O4S/c13-12(14)11-4-2-1-3-10(11)9-5-7-17(15,16)8-6-9/h1-4,9H,5-8H2,(H,13,14). The molecule has 1 aromatic carbocycles. The Hall–Kier alpha value is -1.36. The molecule has 92 valence electrons. The second-order valence-electron chi connectivity index (χ2n) is 4.32. The van der Waals surface area contributed by atoms with Crippen molar-refractivity contribution in [3.05, 3.63) is 35.4 Å². The molecule has 5 heteroatoms. The average molecular weight is 254 g/mol. The van der Waals surface area contributed by atoms with Gasteiger partial charge in [-0.15, -0.1) is 0 Å². The molecule has 0 saturated carbocycles. The molecule has 0 bridgehead atoms. The largest absolute Gasteiger partial charge is 0.478 e. The molecule has 0 spiro atoms. The number of carboxylic acids is 1. The van der Waals surface area contributed by atoms with E-state index < -0.39 is 15.8 Å². The van der Waals surface area contributed by atoms with Gasteiger partial charge in [-0.3, -0.25) is 0 Å². The van der Waals surface area contributed by atoms with Gasteiger partial charge in [0.25, 0.3) is 0 Å². The number of hydrogen-bond donors (Lipinski definition) is 1. The lowest BCUT2D eigenvalue weighted by Gasteiger charge is -2.23. The summed E-state index contributed by atoms with van der Waals surface area (Å²) in [7, 11) is -2.90. The van der Waals surface area contributed by atoms with Crippen molar-refractivity contribution in [2.45, 2.75) is 18.8 Å². The van der Waals surface area contributed by atoms with E-state index in [2.05, 4.69) is 0 Å². The van der Waals surface area contributed by atoms with Crippen LogP contribution < -0.4 is 0 Å². The third-order valence-electron chi connectivity index (χ3n) is 3.19. The fourth-order valence-corrected chi connectivity index (χ4v) is 3.74. The van der Waals surface area contributed by atoms with Crippen molar-refractivity contribution in [1.82, 2.24) is 0 Å². The zero-order chi connectivity index (χ0) is 12.5. The number of hydrogen-bond acceptors (Lipinski definition) is 3. The Bertz CT molecular complexity index is 519. The minimum atomic E-state index is -2.90. The van der Waals surface area contributed by atoms with Gasteiger partial charge >= 0.3 is 5.97 Å². The summed E-state index contributed by atoms with van der Waals surface area (Å²) in [5, 5.41) is 9.08. The van der Waals surface area contributed by atoms with Crippen LogP contribution in [0.2, 0.25) is 0 Å². The second-order valence-corrected chi connectivity index (χ2v) is 6.62. The topological polar surface area (TPSA) is 71.4 Å². The van der Waals surface area contributed by atoms with Crippen molar-refractivity contribution in [2.75, 3.05) is 11.5 Å². The molecule has 1 fully saturated rings. The van der Waals surface area contributed by atoms with Gasteiger partial charge in [0.1, 0.15) is 9.84 Å². The minimum Gasteiger partial charge on any atom is -0.478 e. The molecule has 1 saturated heterocycles. The predicted octanol–water partition coefficient (Wildman–Crippen LogP) is 1.68. The Labute approximate surface area is 100 Å². The Morgan fingerprint density at radius 1 is 1.18 bits per heavy atom. The van der Waals surface area contributed by atoms with Crippen LogP contribution in [0.4, 0.5) is 0 Å². The van der Waals surface area contributed by atoms with Crippen molar-refractivity contribution in [3.8, 4) is 0 Å². The first kappa shape index (κ1) is 12.1. The molecule has 17 heavy (non-hydrogen) atoms. The van der Waals surface area contributed by atoms with Gasteiger partial charge < -0.3 is 5.11 Å². The van der Waals surface area contributed by atoms with Gasteiger partial charge in [0.15, 0.2) is 0 Å². The van der Waals surface area contributed by atoms with Crippen molar-refractivity contribution in [3.63, 3.8) is 0 Å². The van der Waals surface area contributed by atoms with E-state index in [0.29, 0.717) is 12.8 Å². The molecule has 4 nitrogen and oxygen atoms in total. The van der Waals surface area contributed by atoms with Gasteiger partial charge in [0.05, 0.1) is 17.1 Å². The smallest absolute Gasteiger partial charge is 0.335 e. The molecule has 0 aliphatic carbocycles. The summed E-state index contributed by atoms with van der Waals surface area (Å²) in [6, 6.07) is 6.84. The summed E-state index contributed by atoms with van der Waals surface area (Å²) in [6.07, 6.45) is 1.04. The first-order chi connectivity index (χ1) is 7.99. The maximum atomic E-state index is 11.3. The highest BCUT2D eigenvalue weighted by Gasteiger charge is 2.27. The molecule has 0 radical (unpaired) electrons. The zero-order valence-electron chi connectivity index (χ0n) is 9.30. The van der Waals surface area contributed by atoms with Crippen LogP contribution in [0.3, 0.4) is 0 Å². The van der Waals surface area contributed by atoms with Crippen LogP contribution in [-0.2, 0) is 9.84 Å². The molecule has 2 rings (SSSR count). The molecule has 1 aliphatic rings. The SMILES string of the molecule is O=C(O)c1ccccc1C1CCS(=O)(=O)CC1. The van der Waals surface area contributed by atoms with E-state index in [0.717, 1.165) is 5.56 Å². The van der Waals surface area contributed by atoms with Gasteiger partial charge in [0.2, 0.25) is 0 Å². The monoisotopic (exact) mass is 254 g/mol. The van der Waals surface area contributed by atoms with Crippen molar-refractivity contribution in [1.29, 1.82) is 0 Å². The number of carboxylic acid groups (broad SMARTS) is 1. The Morgan fingerprint density at radius 3 is 2.35 bits per heavy atom. The fourth-order valence-electron chi connectivity index (χ4n) is 2.25. The molecule has 0 amide bonds. The molecule has 1 N–H and O–H groups in total. The summed E-state index contributed by atoms with van der Waals surface area (Å²) in [4.78, 5) is 11.1. The predicted molar refractivity (Wildman–Crippen MR) is 64.0 cm³/mol. The van der Waals surface area contributed by atoms with Crippen molar-refractivity contribution in [2.24, 2.45) is 0 Å². The van der Waals surface area contributed by atoms with Gasteiger partial charge in [-0.25, -0.2) is 13.2 Å². The van der Waals surface area contributed by atoms with Gasteiger partial charge in [-0.2, -0.15) is 0 Å². The molecule has 0 atom stereocenters. The van der Waals surface area contributed by atoms with Crippen LogP contribution >= 0.6 is 0 Å². The Morgan fingerprint density at radius 2 is 1.76 bits per heavy atom. The molecule has 1 aromatic rings. The molecule has 0 unspecified atom stereocenters. The first-order valence-corrected chi connectivity index (χ1v) is 7.34. The summed E-state index contributed by atoms with van der Waals surface area (Å²) < 4.78 is 22.7. The van der Waals surface area contributed by atoms with Gasteiger partial charge in [-0.05, 0) is 30.4 Å². The third kappa shape index (κ3) is 2.66. The van der Waals surface area contributed by atoms with E-state index in [1.54, 1.807) is 24.3 Å². The van der Waals surface area contributed by atoms with Crippen LogP contribution in [0.1, 0.15) is 34.7 Å². The average Bonchev–Trinajstić information content (AvgIpc) is 2.29. The quantitative estimate of drug-likeness (QED) is 0.871. The van der Waals surface area contributed by atoms with Crippen molar-refractivity contribution < 1.29 is 18.3 Å². The highest BCUT2D eigenvalue weighted by molar-refractivity contribution is 7.91. The van der Waals surface area contributed by atoms with E-state index in [-0.39, 0.29) is 23.0 Å².